The molecule has 110 valence electrons. The first-order valence-electron chi connectivity index (χ1n) is 6.84. The average Bonchev–Trinajstić information content (AvgIpc) is 2.53. The van der Waals surface area contributed by atoms with E-state index in [-0.39, 0.29) is 6.29 Å². The molecule has 6 heteroatoms. The van der Waals surface area contributed by atoms with Gasteiger partial charge in [-0.1, -0.05) is 0 Å². The molecule has 2 aliphatic rings. The van der Waals surface area contributed by atoms with Gasteiger partial charge in [-0.15, -0.1) is 0 Å². The van der Waals surface area contributed by atoms with Gasteiger partial charge in [0.2, 0.25) is 0 Å². The van der Waals surface area contributed by atoms with Gasteiger partial charge in [0.25, 0.3) is 0 Å². The zero-order valence-corrected chi connectivity index (χ0v) is 12.0. The fourth-order valence-corrected chi connectivity index (χ4v) is 3.29. The monoisotopic (exact) mass is 298 g/mol. The Bertz CT molecular complexity index is 484. The normalized spacial score (nSPS) is 20.6. The van der Waals surface area contributed by atoms with E-state index >= 15 is 0 Å². The van der Waals surface area contributed by atoms with E-state index in [1.807, 2.05) is 12.1 Å². The largest absolute Gasteiger partial charge is 0.486 e. The molecule has 20 heavy (non-hydrogen) atoms. The Hall–Kier alpha value is -1.11. The van der Waals surface area contributed by atoms with Crippen molar-refractivity contribution in [1.82, 2.24) is 0 Å². The van der Waals surface area contributed by atoms with Crippen molar-refractivity contribution in [2.75, 3.05) is 32.2 Å². The Morgan fingerprint density at radius 1 is 1.05 bits per heavy atom. The standard InChI is InChI=1S/C14H18O5S/c15-20(9-4-14-18-5-1-6-19-14)11-2-3-12-13(10-11)17-8-7-16-12/h2-3,10,14H,1,4-9H2. The van der Waals surface area contributed by atoms with Gasteiger partial charge < -0.3 is 18.9 Å². The van der Waals surface area contributed by atoms with Gasteiger partial charge in [-0.05, 0) is 18.6 Å². The Morgan fingerprint density at radius 3 is 2.60 bits per heavy atom. The van der Waals surface area contributed by atoms with E-state index in [1.165, 1.54) is 0 Å². The molecule has 1 fully saturated rings. The highest BCUT2D eigenvalue weighted by Crippen LogP contribution is 2.31. The van der Waals surface area contributed by atoms with Crippen LogP contribution in [0, 0.1) is 0 Å². The molecular formula is C14H18O5S. The van der Waals surface area contributed by atoms with Crippen molar-refractivity contribution < 1.29 is 23.2 Å². The number of hydrogen-bond acceptors (Lipinski definition) is 5. The summed E-state index contributed by atoms with van der Waals surface area (Å²) in [5.74, 6) is 1.91. The second kappa shape index (κ2) is 6.56. The third kappa shape index (κ3) is 3.31. The van der Waals surface area contributed by atoms with Gasteiger partial charge in [0, 0.05) is 23.1 Å². The molecule has 0 bridgehead atoms. The molecule has 0 saturated carbocycles. The van der Waals surface area contributed by atoms with Crippen molar-refractivity contribution in [3.8, 4) is 11.5 Å². The first kappa shape index (κ1) is 13.9. The number of benzene rings is 1. The summed E-state index contributed by atoms with van der Waals surface area (Å²) in [6, 6.07) is 5.44. The Morgan fingerprint density at radius 2 is 1.80 bits per heavy atom. The van der Waals surface area contributed by atoms with Gasteiger partial charge in [-0.25, -0.2) is 0 Å². The van der Waals surface area contributed by atoms with E-state index in [0.29, 0.717) is 31.1 Å². The number of fused-ring (bicyclic) bond motifs is 1. The van der Waals surface area contributed by atoms with Crippen LogP contribution >= 0.6 is 0 Å². The summed E-state index contributed by atoms with van der Waals surface area (Å²) in [7, 11) is -1.08. The maximum absolute atomic E-state index is 12.3. The Kier molecular flexibility index (Phi) is 4.54. The molecule has 1 atom stereocenters. The van der Waals surface area contributed by atoms with Gasteiger partial charge in [-0.2, -0.15) is 0 Å². The van der Waals surface area contributed by atoms with E-state index in [1.54, 1.807) is 6.07 Å². The van der Waals surface area contributed by atoms with Crippen LogP contribution in [0.3, 0.4) is 0 Å². The summed E-state index contributed by atoms with van der Waals surface area (Å²) in [6.07, 6.45) is 1.35. The van der Waals surface area contributed by atoms with Gasteiger partial charge >= 0.3 is 0 Å². The lowest BCUT2D eigenvalue weighted by molar-refractivity contribution is -0.178. The minimum atomic E-state index is -1.08. The van der Waals surface area contributed by atoms with Crippen molar-refractivity contribution in [3.63, 3.8) is 0 Å². The molecule has 0 radical (unpaired) electrons. The van der Waals surface area contributed by atoms with E-state index in [9.17, 15) is 4.21 Å². The molecule has 0 N–H and O–H groups in total. The summed E-state index contributed by atoms with van der Waals surface area (Å²) >= 11 is 0. The number of ether oxygens (including phenoxy) is 4. The smallest absolute Gasteiger partial charge is 0.162 e. The minimum Gasteiger partial charge on any atom is -0.486 e. The molecule has 3 rings (SSSR count). The molecule has 1 saturated heterocycles. The lowest BCUT2D eigenvalue weighted by Gasteiger charge is -2.23. The first-order valence-corrected chi connectivity index (χ1v) is 8.16. The molecule has 0 amide bonds. The van der Waals surface area contributed by atoms with Crippen LogP contribution in [0.25, 0.3) is 0 Å². The second-order valence-corrected chi connectivity index (χ2v) is 6.24. The maximum Gasteiger partial charge on any atom is 0.162 e. The minimum absolute atomic E-state index is 0.218. The van der Waals surface area contributed by atoms with Crippen molar-refractivity contribution in [2.45, 2.75) is 24.0 Å². The maximum atomic E-state index is 12.3. The van der Waals surface area contributed by atoms with Crippen molar-refractivity contribution in [2.24, 2.45) is 0 Å². The molecule has 1 aromatic carbocycles. The van der Waals surface area contributed by atoms with Gasteiger partial charge in [0.1, 0.15) is 13.2 Å². The molecule has 2 heterocycles. The van der Waals surface area contributed by atoms with E-state index < -0.39 is 10.8 Å². The van der Waals surface area contributed by atoms with Crippen LogP contribution in [0.2, 0.25) is 0 Å². The summed E-state index contributed by atoms with van der Waals surface area (Å²) < 4.78 is 34.1. The lowest BCUT2D eigenvalue weighted by Crippen LogP contribution is -2.26. The van der Waals surface area contributed by atoms with Crippen LogP contribution < -0.4 is 9.47 Å². The fraction of sp³-hybridized carbons (Fsp3) is 0.571. The highest BCUT2D eigenvalue weighted by atomic mass is 32.2. The quantitative estimate of drug-likeness (QED) is 0.847. The highest BCUT2D eigenvalue weighted by molar-refractivity contribution is 7.85. The predicted octanol–water partition coefficient (Wildman–Crippen LogP) is 1.72. The van der Waals surface area contributed by atoms with E-state index in [4.69, 9.17) is 18.9 Å². The summed E-state index contributed by atoms with van der Waals surface area (Å²) in [6.45, 7) is 2.54. The van der Waals surface area contributed by atoms with Crippen LogP contribution in [0.4, 0.5) is 0 Å². The molecule has 1 aromatic rings. The fourth-order valence-electron chi connectivity index (χ4n) is 2.19. The van der Waals surface area contributed by atoms with Gasteiger partial charge in [0.05, 0.1) is 24.0 Å². The summed E-state index contributed by atoms with van der Waals surface area (Å²) in [5.41, 5.74) is 0. The van der Waals surface area contributed by atoms with Crippen LogP contribution in [0.15, 0.2) is 23.1 Å². The van der Waals surface area contributed by atoms with E-state index in [0.717, 1.165) is 30.3 Å². The van der Waals surface area contributed by atoms with Crippen LogP contribution in [0.5, 0.6) is 11.5 Å². The predicted molar refractivity (Wildman–Crippen MR) is 73.6 cm³/mol. The molecule has 2 aliphatic heterocycles. The molecular weight excluding hydrogens is 280 g/mol. The molecule has 5 nitrogen and oxygen atoms in total. The highest BCUT2D eigenvalue weighted by Gasteiger charge is 2.18. The van der Waals surface area contributed by atoms with Crippen molar-refractivity contribution >= 4 is 10.8 Å². The van der Waals surface area contributed by atoms with Gasteiger partial charge in [0.15, 0.2) is 17.8 Å². The average molecular weight is 298 g/mol. The third-order valence-corrected chi connectivity index (χ3v) is 4.60. The van der Waals surface area contributed by atoms with Crippen LogP contribution in [-0.4, -0.2) is 42.7 Å². The zero-order valence-electron chi connectivity index (χ0n) is 11.2. The summed E-state index contributed by atoms with van der Waals surface area (Å²) in [4.78, 5) is 0.755. The third-order valence-electron chi connectivity index (χ3n) is 3.21. The molecule has 0 spiro atoms. The zero-order chi connectivity index (χ0) is 13.8. The lowest BCUT2D eigenvalue weighted by atomic mass is 10.3. The topological polar surface area (TPSA) is 54.0 Å². The Balaban J connectivity index is 1.59. The first-order chi connectivity index (χ1) is 9.83. The summed E-state index contributed by atoms with van der Waals surface area (Å²) in [5, 5.41) is 0. The van der Waals surface area contributed by atoms with Crippen molar-refractivity contribution in [3.05, 3.63) is 18.2 Å². The Labute approximate surface area is 120 Å². The van der Waals surface area contributed by atoms with Gasteiger partial charge in [-0.3, -0.25) is 4.21 Å². The van der Waals surface area contributed by atoms with Crippen LogP contribution in [-0.2, 0) is 20.3 Å². The number of rotatable bonds is 4. The van der Waals surface area contributed by atoms with E-state index in [2.05, 4.69) is 0 Å². The molecule has 1 unspecified atom stereocenters. The number of hydrogen-bond donors (Lipinski definition) is 0. The second-order valence-electron chi connectivity index (χ2n) is 4.67. The molecule has 0 aromatic heterocycles. The van der Waals surface area contributed by atoms with Crippen molar-refractivity contribution in [1.29, 1.82) is 0 Å². The molecule has 0 aliphatic carbocycles. The van der Waals surface area contributed by atoms with Crippen LogP contribution in [0.1, 0.15) is 12.8 Å². The SMILES string of the molecule is O=S(CCC1OCCCO1)c1ccc2c(c1)OCCO2.